The molecule has 1 amide bonds. The van der Waals surface area contributed by atoms with Crippen molar-refractivity contribution >= 4 is 53.6 Å². The summed E-state index contributed by atoms with van der Waals surface area (Å²) < 4.78 is 30.4. The standard InChI is InChI=1S/C18H29NO6S3Si/c1-10(25-29(5,6)18(2,3)4)12-14(20)19-13(16(21)22)17(27-15(12)19)26-11-7-8-28(23,24)9-11/h10-12,15H,7-9H2,1-6H3,(H,21,22)/t10-,11?,12+,15-/m1/s1. The zero-order valence-corrected chi connectivity index (χ0v) is 21.0. The van der Waals surface area contributed by atoms with Crippen LogP contribution >= 0.6 is 23.5 Å². The molecule has 2 saturated heterocycles. The summed E-state index contributed by atoms with van der Waals surface area (Å²) in [5.41, 5.74) is -0.00456. The van der Waals surface area contributed by atoms with E-state index in [1.807, 2.05) is 6.92 Å². The topological polar surface area (TPSA) is 101 Å². The van der Waals surface area contributed by atoms with E-state index in [2.05, 4.69) is 33.9 Å². The van der Waals surface area contributed by atoms with Crippen LogP contribution in [0.4, 0.5) is 0 Å². The van der Waals surface area contributed by atoms with Gasteiger partial charge in [-0.3, -0.25) is 9.69 Å². The number of β-lactam (4-membered cyclic amide) rings is 1. The minimum absolute atomic E-state index is 0.00456. The summed E-state index contributed by atoms with van der Waals surface area (Å²) >= 11 is 2.66. The molecular weight excluding hydrogens is 450 g/mol. The second kappa shape index (κ2) is 7.58. The normalized spacial score (nSPS) is 30.3. The monoisotopic (exact) mass is 479 g/mol. The molecule has 0 radical (unpaired) electrons. The Morgan fingerprint density at radius 2 is 2.00 bits per heavy atom. The van der Waals surface area contributed by atoms with Crippen LogP contribution in [0.15, 0.2) is 9.93 Å². The molecule has 0 bridgehead atoms. The van der Waals surface area contributed by atoms with E-state index in [1.54, 1.807) is 0 Å². The van der Waals surface area contributed by atoms with E-state index < -0.39 is 30.0 Å². The summed E-state index contributed by atoms with van der Waals surface area (Å²) in [5.74, 6) is -1.57. The second-order valence-corrected chi connectivity index (χ2v) is 19.1. The number of carbonyl (C=O) groups excluding carboxylic acids is 1. The molecule has 0 aliphatic carbocycles. The molecule has 2 fully saturated rings. The lowest BCUT2D eigenvalue weighted by Crippen LogP contribution is -2.62. The lowest BCUT2D eigenvalue weighted by molar-refractivity contribution is -0.156. The van der Waals surface area contributed by atoms with Crippen molar-refractivity contribution < 1.29 is 27.5 Å². The molecule has 1 N–H and O–H groups in total. The van der Waals surface area contributed by atoms with Gasteiger partial charge in [-0.15, -0.1) is 11.8 Å². The number of amides is 1. The molecule has 0 aromatic heterocycles. The Labute approximate surface area is 182 Å². The zero-order chi connectivity index (χ0) is 21.9. The number of carboxylic acid groups (broad SMARTS) is 1. The molecule has 3 aliphatic heterocycles. The average Bonchev–Trinajstić information content (AvgIpc) is 3.03. The van der Waals surface area contributed by atoms with Gasteiger partial charge >= 0.3 is 5.97 Å². The lowest BCUT2D eigenvalue weighted by atomic mass is 9.92. The number of nitrogens with zero attached hydrogens (tertiary/aromatic N) is 1. The fraction of sp³-hybridized carbons (Fsp3) is 0.778. The van der Waals surface area contributed by atoms with Gasteiger partial charge in [-0.25, -0.2) is 13.2 Å². The SMILES string of the molecule is C[C@@H](O[Si](C)(C)C(C)(C)C)[C@H]1C(=O)N2C(C(=O)O)=C(SC3CCS(=O)(=O)C3)S[C@H]12. The van der Waals surface area contributed by atoms with Gasteiger partial charge in [-0.05, 0) is 31.5 Å². The summed E-state index contributed by atoms with van der Waals surface area (Å²) in [6, 6.07) is 0. The van der Waals surface area contributed by atoms with Crippen molar-refractivity contribution in [3.8, 4) is 0 Å². The Morgan fingerprint density at radius 3 is 2.48 bits per heavy atom. The molecule has 0 aromatic rings. The minimum Gasteiger partial charge on any atom is -0.477 e. The Bertz CT molecular complexity index is 863. The molecule has 0 saturated carbocycles. The summed E-state index contributed by atoms with van der Waals surface area (Å²) in [4.78, 5) is 26.1. The first-order valence-electron chi connectivity index (χ1n) is 9.67. The molecule has 3 heterocycles. The van der Waals surface area contributed by atoms with Crippen LogP contribution in [0.1, 0.15) is 34.1 Å². The van der Waals surface area contributed by atoms with Crippen molar-refractivity contribution in [2.75, 3.05) is 11.5 Å². The van der Waals surface area contributed by atoms with Crippen LogP contribution in [-0.4, -0.2) is 66.9 Å². The van der Waals surface area contributed by atoms with Crippen LogP contribution in [0.2, 0.25) is 18.1 Å². The molecule has 7 nitrogen and oxygen atoms in total. The van der Waals surface area contributed by atoms with Gasteiger partial charge in [0, 0.05) is 5.25 Å². The van der Waals surface area contributed by atoms with E-state index >= 15 is 0 Å². The predicted octanol–water partition coefficient (Wildman–Crippen LogP) is 3.10. The number of fused-ring (bicyclic) bond motifs is 1. The molecule has 1 unspecified atom stereocenters. The number of thioether (sulfide) groups is 2. The molecule has 0 spiro atoms. The minimum atomic E-state index is -3.05. The van der Waals surface area contributed by atoms with Crippen molar-refractivity contribution in [1.29, 1.82) is 0 Å². The lowest BCUT2D eigenvalue weighted by Gasteiger charge is -2.48. The molecule has 164 valence electrons. The van der Waals surface area contributed by atoms with E-state index in [-0.39, 0.29) is 44.9 Å². The molecule has 4 atom stereocenters. The third-order valence-corrected chi connectivity index (χ3v) is 15.6. The van der Waals surface area contributed by atoms with E-state index in [4.69, 9.17) is 4.43 Å². The van der Waals surface area contributed by atoms with E-state index in [9.17, 15) is 23.1 Å². The van der Waals surface area contributed by atoms with E-state index in [0.29, 0.717) is 10.7 Å². The predicted molar refractivity (Wildman–Crippen MR) is 119 cm³/mol. The second-order valence-electron chi connectivity index (χ2n) is 9.41. The largest absolute Gasteiger partial charge is 0.477 e. The molecule has 11 heteroatoms. The van der Waals surface area contributed by atoms with Gasteiger partial charge in [0.25, 0.3) is 0 Å². The zero-order valence-electron chi connectivity index (χ0n) is 17.6. The number of rotatable bonds is 6. The summed E-state index contributed by atoms with van der Waals surface area (Å²) in [6.07, 6.45) is 0.208. The van der Waals surface area contributed by atoms with Crippen LogP contribution in [0.5, 0.6) is 0 Å². The van der Waals surface area contributed by atoms with Crippen molar-refractivity contribution in [3.05, 3.63) is 9.93 Å². The Kier molecular flexibility index (Phi) is 6.05. The molecule has 3 rings (SSSR count). The van der Waals surface area contributed by atoms with Crippen molar-refractivity contribution in [1.82, 2.24) is 4.90 Å². The highest BCUT2D eigenvalue weighted by atomic mass is 32.2. The number of aliphatic carboxylic acids is 1. The van der Waals surface area contributed by atoms with Crippen molar-refractivity contribution in [2.45, 2.75) is 69.0 Å². The first-order valence-corrected chi connectivity index (χ1v) is 16.2. The van der Waals surface area contributed by atoms with Crippen LogP contribution < -0.4 is 0 Å². The number of hydrogen-bond acceptors (Lipinski definition) is 7. The van der Waals surface area contributed by atoms with Gasteiger partial charge in [0.15, 0.2) is 23.9 Å². The summed E-state index contributed by atoms with van der Waals surface area (Å²) in [5, 5.41) is 9.25. The molecule has 0 aromatic carbocycles. The van der Waals surface area contributed by atoms with Gasteiger partial charge in [0.2, 0.25) is 5.91 Å². The van der Waals surface area contributed by atoms with Gasteiger partial charge in [0.05, 0.1) is 27.8 Å². The fourth-order valence-corrected chi connectivity index (χ4v) is 10.6. The van der Waals surface area contributed by atoms with Gasteiger partial charge in [-0.1, -0.05) is 32.5 Å². The van der Waals surface area contributed by atoms with Crippen molar-refractivity contribution in [3.63, 3.8) is 0 Å². The number of carbonyl (C=O) groups is 2. The van der Waals surface area contributed by atoms with Crippen LogP contribution in [-0.2, 0) is 23.9 Å². The maximum Gasteiger partial charge on any atom is 0.354 e. The summed E-state index contributed by atoms with van der Waals surface area (Å²) in [6.45, 7) is 12.6. The Balaban J connectivity index is 1.75. The number of hydrogen-bond donors (Lipinski definition) is 1. The van der Waals surface area contributed by atoms with Crippen LogP contribution in [0.3, 0.4) is 0 Å². The number of sulfone groups is 1. The quantitative estimate of drug-likeness (QED) is 0.458. The highest BCUT2D eigenvalue weighted by Gasteiger charge is 2.59. The maximum atomic E-state index is 12.9. The summed E-state index contributed by atoms with van der Waals surface area (Å²) in [7, 11) is -5.12. The fourth-order valence-electron chi connectivity index (χ4n) is 3.54. The third kappa shape index (κ3) is 4.30. The van der Waals surface area contributed by atoms with E-state index in [1.165, 1.54) is 28.4 Å². The third-order valence-electron chi connectivity index (χ3n) is 6.21. The molecule has 29 heavy (non-hydrogen) atoms. The highest BCUT2D eigenvalue weighted by molar-refractivity contribution is 8.23. The Morgan fingerprint density at radius 1 is 1.38 bits per heavy atom. The number of carboxylic acids is 1. The van der Waals surface area contributed by atoms with Crippen molar-refractivity contribution in [2.24, 2.45) is 5.92 Å². The molecule has 3 aliphatic rings. The first kappa shape index (κ1) is 23.2. The first-order chi connectivity index (χ1) is 13.1. The average molecular weight is 480 g/mol. The van der Waals surface area contributed by atoms with Crippen LogP contribution in [0.25, 0.3) is 0 Å². The molecular formula is C18H29NO6S3Si. The smallest absolute Gasteiger partial charge is 0.354 e. The van der Waals surface area contributed by atoms with Crippen LogP contribution in [0, 0.1) is 5.92 Å². The van der Waals surface area contributed by atoms with Gasteiger partial charge in [-0.2, -0.15) is 0 Å². The van der Waals surface area contributed by atoms with Gasteiger partial charge in [0.1, 0.15) is 5.37 Å². The van der Waals surface area contributed by atoms with Gasteiger partial charge < -0.3 is 9.53 Å². The maximum absolute atomic E-state index is 12.9. The Hall–Kier alpha value is -0.493. The van der Waals surface area contributed by atoms with E-state index in [0.717, 1.165) is 0 Å². The highest BCUT2D eigenvalue weighted by Crippen LogP contribution is 2.56.